The first-order valence-corrected chi connectivity index (χ1v) is 10.0. The van der Waals surface area contributed by atoms with Crippen LogP contribution in [0.3, 0.4) is 0 Å². The molecule has 29 heavy (non-hydrogen) atoms. The zero-order valence-electron chi connectivity index (χ0n) is 15.6. The van der Waals surface area contributed by atoms with E-state index in [1.807, 2.05) is 13.0 Å². The third-order valence-electron chi connectivity index (χ3n) is 4.00. The van der Waals surface area contributed by atoms with Crippen molar-refractivity contribution < 1.29 is 9.53 Å². The molecule has 0 fully saturated rings. The van der Waals surface area contributed by atoms with Gasteiger partial charge in [-0.3, -0.25) is 9.59 Å². The van der Waals surface area contributed by atoms with Crippen LogP contribution in [0, 0.1) is 0 Å². The molecule has 3 aromatic rings. The molecule has 0 aliphatic rings. The van der Waals surface area contributed by atoms with E-state index in [4.69, 9.17) is 22.1 Å². The summed E-state index contributed by atoms with van der Waals surface area (Å²) in [4.78, 5) is 28.4. The lowest BCUT2D eigenvalue weighted by molar-refractivity contribution is -0.119. The number of hydrogen-bond acceptors (Lipinski definition) is 5. The molecule has 2 aromatic carbocycles. The fourth-order valence-electron chi connectivity index (χ4n) is 2.69. The van der Waals surface area contributed by atoms with Crippen LogP contribution < -0.4 is 16.0 Å². The van der Waals surface area contributed by atoms with Crippen LogP contribution in [0.4, 0.5) is 0 Å². The van der Waals surface area contributed by atoms with E-state index >= 15 is 0 Å². The number of hydrogen-bond donors (Lipinski definition) is 1. The first-order chi connectivity index (χ1) is 13.9. The summed E-state index contributed by atoms with van der Waals surface area (Å²) >= 11 is 9.56. The summed E-state index contributed by atoms with van der Waals surface area (Å²) in [5, 5.41) is 5.13. The number of aryl methyl sites for hydroxylation is 1. The van der Waals surface area contributed by atoms with Gasteiger partial charge in [0.05, 0.1) is 22.1 Å². The van der Waals surface area contributed by atoms with E-state index in [1.165, 1.54) is 10.9 Å². The van der Waals surface area contributed by atoms with Crippen molar-refractivity contribution in [3.8, 4) is 5.75 Å². The molecule has 1 heterocycles. The van der Waals surface area contributed by atoms with Gasteiger partial charge in [-0.25, -0.2) is 4.98 Å². The van der Waals surface area contributed by atoms with Crippen LogP contribution in [0.25, 0.3) is 10.9 Å². The molecule has 0 spiro atoms. The molecule has 150 valence electrons. The second-order valence-corrected chi connectivity index (χ2v) is 7.57. The summed E-state index contributed by atoms with van der Waals surface area (Å²) < 4.78 is 7.33. The maximum atomic E-state index is 13.0. The minimum Gasteiger partial charge on any atom is -0.482 e. The van der Waals surface area contributed by atoms with Crippen molar-refractivity contribution in [3.63, 3.8) is 0 Å². The summed E-state index contributed by atoms with van der Waals surface area (Å²) in [7, 11) is 0. The lowest BCUT2D eigenvalue weighted by Crippen LogP contribution is -2.22. The smallest absolute Gasteiger partial charge is 0.282 e. The summed E-state index contributed by atoms with van der Waals surface area (Å²) in [6.07, 6.45) is 2.96. The molecular weight excluding hydrogens is 460 g/mol. The number of aromatic nitrogens is 2. The molecule has 1 aromatic heterocycles. The van der Waals surface area contributed by atoms with Crippen LogP contribution in [0.2, 0.25) is 5.02 Å². The molecule has 0 radical (unpaired) electrons. The van der Waals surface area contributed by atoms with Gasteiger partial charge in [0.25, 0.3) is 11.5 Å². The number of amides is 1. The van der Waals surface area contributed by atoms with Crippen molar-refractivity contribution in [2.24, 2.45) is 10.8 Å². The lowest BCUT2D eigenvalue weighted by Gasteiger charge is -2.09. The van der Waals surface area contributed by atoms with Crippen LogP contribution in [-0.2, 0) is 11.2 Å². The zero-order valence-corrected chi connectivity index (χ0v) is 17.9. The van der Waals surface area contributed by atoms with Crippen LogP contribution in [0.15, 0.2) is 50.8 Å². The van der Waals surface area contributed by atoms with E-state index in [0.29, 0.717) is 39.5 Å². The quantitative estimate of drug-likeness (QED) is 0.526. The predicted molar refractivity (Wildman–Crippen MR) is 117 cm³/mol. The fraction of sp³-hybridized carbons (Fsp3) is 0.200. The molecule has 2 N–H and O–H groups in total. The molecule has 0 aliphatic heterocycles. The number of carbonyl (C=O) groups excluding carboxylic acids is 1. The average molecular weight is 478 g/mol. The SMILES string of the molecule is CCCc1nc2ccc(Br)cc2c(=O)n1N=Cc1ccc(OCC(N)=O)c(Cl)c1. The number of benzene rings is 2. The van der Waals surface area contributed by atoms with E-state index in [9.17, 15) is 9.59 Å². The molecule has 0 aliphatic carbocycles. The second-order valence-electron chi connectivity index (χ2n) is 6.25. The average Bonchev–Trinajstić information content (AvgIpc) is 2.68. The van der Waals surface area contributed by atoms with Gasteiger partial charge >= 0.3 is 0 Å². The van der Waals surface area contributed by atoms with Gasteiger partial charge in [0.15, 0.2) is 6.61 Å². The summed E-state index contributed by atoms with van der Waals surface area (Å²) in [6, 6.07) is 10.3. The maximum Gasteiger partial charge on any atom is 0.282 e. The number of nitrogens with two attached hydrogens (primary N) is 1. The Balaban J connectivity index is 1.98. The number of rotatable bonds is 7. The van der Waals surface area contributed by atoms with Gasteiger partial charge in [-0.05, 0) is 48.4 Å². The fourth-order valence-corrected chi connectivity index (χ4v) is 3.29. The van der Waals surface area contributed by atoms with Crippen molar-refractivity contribution in [1.82, 2.24) is 9.66 Å². The van der Waals surface area contributed by atoms with Gasteiger partial charge in [-0.2, -0.15) is 9.78 Å². The van der Waals surface area contributed by atoms with Crippen LogP contribution in [-0.4, -0.2) is 28.4 Å². The topological polar surface area (TPSA) is 99.6 Å². The minimum absolute atomic E-state index is 0.247. The first kappa shape index (κ1) is 21.0. The van der Waals surface area contributed by atoms with E-state index < -0.39 is 5.91 Å². The van der Waals surface area contributed by atoms with Crippen molar-refractivity contribution in [2.45, 2.75) is 19.8 Å². The Bertz CT molecular complexity index is 1160. The maximum absolute atomic E-state index is 13.0. The summed E-state index contributed by atoms with van der Waals surface area (Å²) in [5.41, 5.74) is 6.11. The number of ether oxygens (including phenoxy) is 1. The van der Waals surface area contributed by atoms with Crippen molar-refractivity contribution in [1.29, 1.82) is 0 Å². The monoisotopic (exact) mass is 476 g/mol. The molecule has 9 heteroatoms. The largest absolute Gasteiger partial charge is 0.482 e. The Morgan fingerprint density at radius 3 is 2.83 bits per heavy atom. The molecule has 0 saturated heterocycles. The minimum atomic E-state index is -0.593. The highest BCUT2D eigenvalue weighted by molar-refractivity contribution is 9.10. The lowest BCUT2D eigenvalue weighted by atomic mass is 10.2. The number of nitrogens with zero attached hydrogens (tertiary/aromatic N) is 3. The molecule has 0 atom stereocenters. The molecule has 1 amide bonds. The van der Waals surface area contributed by atoms with Gasteiger partial charge in [0, 0.05) is 10.9 Å². The van der Waals surface area contributed by atoms with Gasteiger partial charge in [-0.1, -0.05) is 34.5 Å². The highest BCUT2D eigenvalue weighted by Gasteiger charge is 2.11. The predicted octanol–water partition coefficient (Wildman–Crippen LogP) is 3.51. The number of halogens is 2. The molecule has 3 rings (SSSR count). The number of fused-ring (bicyclic) bond motifs is 1. The molecule has 7 nitrogen and oxygen atoms in total. The van der Waals surface area contributed by atoms with Gasteiger partial charge < -0.3 is 10.5 Å². The van der Waals surface area contributed by atoms with Crippen LogP contribution in [0.5, 0.6) is 5.75 Å². The molecular formula is C20H18BrClN4O3. The Morgan fingerprint density at radius 1 is 1.34 bits per heavy atom. The van der Waals surface area contributed by atoms with Gasteiger partial charge in [-0.15, -0.1) is 0 Å². The zero-order chi connectivity index (χ0) is 21.0. The van der Waals surface area contributed by atoms with Crippen molar-refractivity contribution in [2.75, 3.05) is 6.61 Å². The van der Waals surface area contributed by atoms with Gasteiger partial charge in [0.1, 0.15) is 11.6 Å². The standard InChI is InChI=1S/C20H18BrClN4O3/c1-2-3-19-25-16-6-5-13(21)9-14(16)20(28)26(19)24-10-12-4-7-17(15(22)8-12)29-11-18(23)27/h4-10H,2-3,11H2,1H3,(H2,23,27). The highest BCUT2D eigenvalue weighted by atomic mass is 79.9. The van der Waals surface area contributed by atoms with Crippen molar-refractivity contribution >= 4 is 50.6 Å². The van der Waals surface area contributed by atoms with E-state index in [2.05, 4.69) is 26.0 Å². The molecule has 0 unspecified atom stereocenters. The van der Waals surface area contributed by atoms with Crippen molar-refractivity contribution in [3.05, 3.63) is 67.6 Å². The third-order valence-corrected chi connectivity index (χ3v) is 4.79. The second kappa shape index (κ2) is 9.19. The first-order valence-electron chi connectivity index (χ1n) is 8.85. The van der Waals surface area contributed by atoms with E-state index in [0.717, 1.165) is 10.9 Å². The Morgan fingerprint density at radius 2 is 2.14 bits per heavy atom. The normalized spacial score (nSPS) is 11.3. The Labute approximate surface area is 180 Å². The van der Waals surface area contributed by atoms with E-state index in [1.54, 1.807) is 30.3 Å². The summed E-state index contributed by atoms with van der Waals surface area (Å²) in [6.45, 7) is 1.75. The van der Waals surface area contributed by atoms with Crippen LogP contribution >= 0.6 is 27.5 Å². The third kappa shape index (κ3) is 5.02. The van der Waals surface area contributed by atoms with Crippen LogP contribution in [0.1, 0.15) is 24.7 Å². The molecule has 0 saturated carbocycles. The molecule has 0 bridgehead atoms. The summed E-state index contributed by atoms with van der Waals surface area (Å²) in [5.74, 6) is 0.324. The number of primary amides is 1. The Hall–Kier alpha value is -2.71. The van der Waals surface area contributed by atoms with Gasteiger partial charge in [0.2, 0.25) is 0 Å². The Kier molecular flexibility index (Phi) is 6.66. The highest BCUT2D eigenvalue weighted by Crippen LogP contribution is 2.25. The number of carbonyl (C=O) groups is 1. The van der Waals surface area contributed by atoms with E-state index in [-0.39, 0.29) is 12.2 Å².